The predicted octanol–water partition coefficient (Wildman–Crippen LogP) is 6.06. The number of halogens is 2. The number of aryl methyl sites for hydroxylation is 1. The van der Waals surface area contributed by atoms with Crippen molar-refractivity contribution in [3.8, 4) is 0 Å². The number of carbonyl (C=O) groups excluding carboxylic acids is 1. The molecule has 0 fully saturated rings. The van der Waals surface area contributed by atoms with E-state index in [-0.39, 0.29) is 22.8 Å². The number of anilines is 1. The number of nitro benzene ring substituents is 1. The first-order valence-electron chi connectivity index (χ1n) is 9.06. The van der Waals surface area contributed by atoms with Crippen LogP contribution in [0, 0.1) is 17.0 Å². The van der Waals surface area contributed by atoms with Crippen molar-refractivity contribution in [2.45, 2.75) is 13.5 Å². The molecule has 1 amide bonds. The Morgan fingerprint density at radius 2 is 1.94 bits per heavy atom. The van der Waals surface area contributed by atoms with Gasteiger partial charge >= 0.3 is 0 Å². The third-order valence-electron chi connectivity index (χ3n) is 4.65. The minimum Gasteiger partial charge on any atom is -0.278 e. The van der Waals surface area contributed by atoms with Crippen LogP contribution in [0.2, 0.25) is 10.0 Å². The summed E-state index contributed by atoms with van der Waals surface area (Å²) in [6, 6.07) is 12.8. The van der Waals surface area contributed by atoms with Gasteiger partial charge in [0.05, 0.1) is 38.0 Å². The quantitative estimate of drug-likeness (QED) is 0.260. The smallest absolute Gasteiger partial charge is 0.270 e. The zero-order valence-electron chi connectivity index (χ0n) is 16.1. The fourth-order valence-corrected chi connectivity index (χ4v) is 4.39. The van der Waals surface area contributed by atoms with E-state index in [2.05, 4.69) is 9.97 Å². The molecule has 2 aromatic heterocycles. The number of nitro groups is 1. The lowest BCUT2D eigenvalue weighted by Gasteiger charge is -2.20. The SMILES string of the molecule is Cc1c(Cl)ccc2sc(N(Cc3ccccn3)C(=O)c3cc([N+](=O)[O-])ccc3Cl)nc12. The van der Waals surface area contributed by atoms with E-state index < -0.39 is 10.8 Å². The first-order valence-corrected chi connectivity index (χ1v) is 10.6. The molecule has 0 spiro atoms. The summed E-state index contributed by atoms with van der Waals surface area (Å²) in [4.78, 5) is 34.5. The molecule has 0 N–H and O–H groups in total. The summed E-state index contributed by atoms with van der Waals surface area (Å²) in [5, 5.41) is 12.3. The van der Waals surface area contributed by atoms with Crippen LogP contribution in [0.3, 0.4) is 0 Å². The Bertz CT molecular complexity index is 1310. The number of amides is 1. The van der Waals surface area contributed by atoms with Gasteiger partial charge < -0.3 is 0 Å². The van der Waals surface area contributed by atoms with E-state index >= 15 is 0 Å². The molecule has 156 valence electrons. The van der Waals surface area contributed by atoms with Crippen LogP contribution < -0.4 is 4.90 Å². The van der Waals surface area contributed by atoms with Crippen LogP contribution >= 0.6 is 34.5 Å². The van der Waals surface area contributed by atoms with Gasteiger partial charge in [-0.15, -0.1) is 0 Å². The normalized spacial score (nSPS) is 10.9. The van der Waals surface area contributed by atoms with Gasteiger partial charge in [-0.1, -0.05) is 40.6 Å². The molecule has 0 saturated heterocycles. The van der Waals surface area contributed by atoms with Crippen LogP contribution in [-0.4, -0.2) is 20.8 Å². The summed E-state index contributed by atoms with van der Waals surface area (Å²) in [6.45, 7) is 1.97. The Labute approximate surface area is 191 Å². The van der Waals surface area contributed by atoms with Crippen LogP contribution in [0.1, 0.15) is 21.6 Å². The fraction of sp³-hybridized carbons (Fsp3) is 0.0952. The molecule has 0 radical (unpaired) electrons. The van der Waals surface area contributed by atoms with Crippen molar-refractivity contribution in [2.24, 2.45) is 0 Å². The highest BCUT2D eigenvalue weighted by Gasteiger charge is 2.26. The number of aromatic nitrogens is 2. The molecule has 2 heterocycles. The monoisotopic (exact) mass is 472 g/mol. The number of rotatable bonds is 5. The Hall–Kier alpha value is -3.07. The molecular weight excluding hydrogens is 459 g/mol. The third-order valence-corrected chi connectivity index (χ3v) is 6.43. The average Bonchev–Trinajstić information content (AvgIpc) is 3.20. The van der Waals surface area contributed by atoms with Gasteiger partial charge in [0.25, 0.3) is 11.6 Å². The van der Waals surface area contributed by atoms with Crippen LogP contribution in [0.25, 0.3) is 10.2 Å². The molecule has 0 saturated carbocycles. The molecule has 4 aromatic rings. The van der Waals surface area contributed by atoms with Gasteiger partial charge in [-0.25, -0.2) is 4.98 Å². The number of carbonyl (C=O) groups is 1. The van der Waals surface area contributed by atoms with E-state index in [0.717, 1.165) is 10.3 Å². The maximum Gasteiger partial charge on any atom is 0.270 e. The molecule has 0 unspecified atom stereocenters. The standard InChI is InChI=1S/C21H14Cl2N4O3S/c1-12-16(22)7-8-18-19(12)25-21(31-18)26(11-13-4-2-3-9-24-13)20(28)15-10-14(27(29)30)5-6-17(15)23/h2-10H,11H2,1H3. The molecule has 4 rings (SSSR count). The fourth-order valence-electron chi connectivity index (χ4n) is 3.02. The van der Waals surface area contributed by atoms with Gasteiger partial charge in [-0.3, -0.25) is 24.8 Å². The van der Waals surface area contributed by atoms with Gasteiger partial charge in [0.2, 0.25) is 0 Å². The van der Waals surface area contributed by atoms with E-state index in [9.17, 15) is 14.9 Å². The Balaban J connectivity index is 1.84. The molecule has 0 atom stereocenters. The van der Waals surface area contributed by atoms with E-state index in [1.165, 1.54) is 34.4 Å². The Morgan fingerprint density at radius 3 is 2.65 bits per heavy atom. The number of thiazole rings is 1. The summed E-state index contributed by atoms with van der Waals surface area (Å²) in [7, 11) is 0. The summed E-state index contributed by atoms with van der Waals surface area (Å²) in [5.41, 5.74) is 1.92. The highest BCUT2D eigenvalue weighted by atomic mass is 35.5. The number of non-ortho nitro benzene ring substituents is 1. The Kier molecular flexibility index (Phi) is 5.86. The number of nitrogens with zero attached hydrogens (tertiary/aromatic N) is 4. The summed E-state index contributed by atoms with van der Waals surface area (Å²) >= 11 is 13.8. The van der Waals surface area contributed by atoms with E-state index in [1.54, 1.807) is 24.4 Å². The number of hydrogen-bond donors (Lipinski definition) is 0. The van der Waals surface area contributed by atoms with Gasteiger partial charge in [-0.05, 0) is 42.8 Å². The lowest BCUT2D eigenvalue weighted by molar-refractivity contribution is -0.384. The van der Waals surface area contributed by atoms with Gasteiger partial charge in [0.15, 0.2) is 5.13 Å². The van der Waals surface area contributed by atoms with E-state index in [0.29, 0.717) is 21.4 Å². The topological polar surface area (TPSA) is 89.2 Å². The van der Waals surface area contributed by atoms with E-state index in [1.807, 2.05) is 19.1 Å². The first kappa shape index (κ1) is 21.2. The van der Waals surface area contributed by atoms with Gasteiger partial charge in [-0.2, -0.15) is 0 Å². The second-order valence-corrected chi connectivity index (χ2v) is 8.47. The second kappa shape index (κ2) is 8.58. The summed E-state index contributed by atoms with van der Waals surface area (Å²) < 4.78 is 0.862. The van der Waals surface area contributed by atoms with Crippen LogP contribution in [0.5, 0.6) is 0 Å². The molecule has 7 nitrogen and oxygen atoms in total. The largest absolute Gasteiger partial charge is 0.278 e. The summed E-state index contributed by atoms with van der Waals surface area (Å²) in [6.07, 6.45) is 1.63. The second-order valence-electron chi connectivity index (χ2n) is 6.65. The maximum absolute atomic E-state index is 13.5. The van der Waals surface area contributed by atoms with Crippen LogP contribution in [-0.2, 0) is 6.54 Å². The minimum atomic E-state index is -0.570. The average molecular weight is 473 g/mol. The third kappa shape index (κ3) is 4.23. The highest BCUT2D eigenvalue weighted by molar-refractivity contribution is 7.22. The number of hydrogen-bond acceptors (Lipinski definition) is 6. The number of benzene rings is 2. The molecule has 2 aromatic carbocycles. The van der Waals surface area contributed by atoms with Crippen LogP contribution in [0.4, 0.5) is 10.8 Å². The highest BCUT2D eigenvalue weighted by Crippen LogP contribution is 2.35. The van der Waals surface area contributed by atoms with Gasteiger partial charge in [0.1, 0.15) is 0 Å². The van der Waals surface area contributed by atoms with Crippen molar-refractivity contribution in [1.82, 2.24) is 9.97 Å². The summed E-state index contributed by atoms with van der Waals surface area (Å²) in [5.74, 6) is -0.512. The number of fused-ring (bicyclic) bond motifs is 1. The minimum absolute atomic E-state index is 0.0146. The van der Waals surface area contributed by atoms with Gasteiger partial charge in [0, 0.05) is 23.4 Å². The van der Waals surface area contributed by atoms with Crippen LogP contribution in [0.15, 0.2) is 54.7 Å². The molecule has 31 heavy (non-hydrogen) atoms. The molecule has 10 heteroatoms. The molecule has 0 aliphatic rings. The molecule has 0 aliphatic heterocycles. The lowest BCUT2D eigenvalue weighted by atomic mass is 10.1. The predicted molar refractivity (Wildman–Crippen MR) is 122 cm³/mol. The van der Waals surface area contributed by atoms with Crippen molar-refractivity contribution >= 4 is 61.5 Å². The first-order chi connectivity index (χ1) is 14.8. The molecule has 0 aliphatic carbocycles. The van der Waals surface area contributed by atoms with Crippen molar-refractivity contribution < 1.29 is 9.72 Å². The van der Waals surface area contributed by atoms with Crippen molar-refractivity contribution in [2.75, 3.05) is 4.90 Å². The zero-order valence-corrected chi connectivity index (χ0v) is 18.4. The van der Waals surface area contributed by atoms with Crippen molar-refractivity contribution in [3.05, 3.63) is 91.7 Å². The van der Waals surface area contributed by atoms with Crippen molar-refractivity contribution in [3.63, 3.8) is 0 Å². The Morgan fingerprint density at radius 1 is 1.16 bits per heavy atom. The lowest BCUT2D eigenvalue weighted by Crippen LogP contribution is -2.31. The maximum atomic E-state index is 13.5. The number of pyridine rings is 1. The van der Waals surface area contributed by atoms with Crippen molar-refractivity contribution in [1.29, 1.82) is 0 Å². The zero-order chi connectivity index (χ0) is 22.1. The van der Waals surface area contributed by atoms with E-state index in [4.69, 9.17) is 23.2 Å². The molecular formula is C21H14Cl2N4O3S. The molecule has 0 bridgehead atoms.